The van der Waals surface area contributed by atoms with E-state index in [1.54, 1.807) is 0 Å². The normalized spacial score (nSPS) is 7.08. The third-order valence-electron chi connectivity index (χ3n) is 0.743. The average molecular weight is 233 g/mol. The van der Waals surface area contributed by atoms with Crippen LogP contribution in [0.5, 0.6) is 0 Å². The number of hydrogen-bond donors (Lipinski definition) is 1. The van der Waals surface area contributed by atoms with Crippen LogP contribution in [0.2, 0.25) is 0 Å². The summed E-state index contributed by atoms with van der Waals surface area (Å²) in [7, 11) is 0. The van der Waals surface area contributed by atoms with Gasteiger partial charge in [0.15, 0.2) is 0 Å². The monoisotopic (exact) mass is 232 g/mol. The first-order valence-corrected chi connectivity index (χ1v) is 3.45. The van der Waals surface area contributed by atoms with Crippen LogP contribution < -0.4 is 0 Å². The molecule has 12 heavy (non-hydrogen) atoms. The molecule has 1 aromatic rings. The minimum absolute atomic E-state index is 0. The maximum Gasteiger partial charge on any atom is 1.00 e. The van der Waals surface area contributed by atoms with Crippen molar-refractivity contribution >= 4 is 18.6 Å². The SMILES string of the molecule is CC(=O)O.[Cu+].[S-]c1ccccc1. The summed E-state index contributed by atoms with van der Waals surface area (Å²) < 4.78 is 0. The van der Waals surface area contributed by atoms with Crippen LogP contribution in [0.15, 0.2) is 35.2 Å². The maximum atomic E-state index is 9.00. The molecule has 1 aromatic carbocycles. The molecule has 4 heteroatoms. The number of hydrogen-bond acceptors (Lipinski definition) is 2. The molecule has 0 aliphatic carbocycles. The van der Waals surface area contributed by atoms with Crippen molar-refractivity contribution in [3.8, 4) is 0 Å². The molecular formula is C8H9CuO2S. The summed E-state index contributed by atoms with van der Waals surface area (Å²) in [5.41, 5.74) is 0. The van der Waals surface area contributed by atoms with Crippen molar-refractivity contribution in [1.82, 2.24) is 0 Å². The van der Waals surface area contributed by atoms with Crippen LogP contribution in [0, 0.1) is 0 Å². The molecule has 0 unspecified atom stereocenters. The Morgan fingerprint density at radius 1 is 1.33 bits per heavy atom. The summed E-state index contributed by atoms with van der Waals surface area (Å²) in [6.45, 7) is 1.08. The van der Waals surface area contributed by atoms with E-state index < -0.39 is 5.97 Å². The third kappa shape index (κ3) is 12.1. The summed E-state index contributed by atoms with van der Waals surface area (Å²) in [6, 6.07) is 9.62. The van der Waals surface area contributed by atoms with Crippen molar-refractivity contribution in [2.45, 2.75) is 11.8 Å². The van der Waals surface area contributed by atoms with E-state index in [2.05, 4.69) is 0 Å². The predicted octanol–water partition coefficient (Wildman–Crippen LogP) is 1.68. The van der Waals surface area contributed by atoms with Gasteiger partial charge < -0.3 is 17.7 Å². The van der Waals surface area contributed by atoms with Crippen LogP contribution in [-0.2, 0) is 34.5 Å². The summed E-state index contributed by atoms with van der Waals surface area (Å²) in [6.07, 6.45) is 0. The second kappa shape index (κ2) is 8.53. The molecule has 0 radical (unpaired) electrons. The van der Waals surface area contributed by atoms with Gasteiger partial charge in [-0.1, -0.05) is 30.3 Å². The number of carboxylic acids is 1. The molecule has 1 N–H and O–H groups in total. The molecule has 2 nitrogen and oxygen atoms in total. The number of benzene rings is 1. The van der Waals surface area contributed by atoms with Crippen LogP contribution in [0.4, 0.5) is 0 Å². The first-order chi connectivity index (χ1) is 5.13. The summed E-state index contributed by atoms with van der Waals surface area (Å²) in [5.74, 6) is -0.833. The van der Waals surface area contributed by atoms with Crippen molar-refractivity contribution in [3.05, 3.63) is 30.3 Å². The molecule has 0 fully saturated rings. The summed E-state index contributed by atoms with van der Waals surface area (Å²) >= 11 is 4.81. The van der Waals surface area contributed by atoms with Gasteiger partial charge in [0.25, 0.3) is 5.97 Å². The van der Waals surface area contributed by atoms with Crippen molar-refractivity contribution in [2.75, 3.05) is 0 Å². The zero-order valence-electron chi connectivity index (χ0n) is 6.45. The van der Waals surface area contributed by atoms with E-state index in [4.69, 9.17) is 22.5 Å². The third-order valence-corrected chi connectivity index (χ3v) is 1.02. The Bertz CT molecular complexity index is 210. The number of carbonyl (C=O) groups is 1. The first kappa shape index (κ1) is 14.0. The number of aliphatic carboxylic acids is 1. The Labute approximate surface area is 87.9 Å². The minimum atomic E-state index is -0.833. The number of rotatable bonds is 0. The van der Waals surface area contributed by atoms with E-state index in [1.807, 2.05) is 30.3 Å². The molecular weight excluding hydrogens is 224 g/mol. The van der Waals surface area contributed by atoms with Crippen LogP contribution in [0.1, 0.15) is 6.92 Å². The van der Waals surface area contributed by atoms with Crippen LogP contribution in [0.3, 0.4) is 0 Å². The Balaban J connectivity index is 0. The molecule has 0 heterocycles. The molecule has 0 aliphatic rings. The topological polar surface area (TPSA) is 37.3 Å². The second-order valence-electron chi connectivity index (χ2n) is 1.83. The van der Waals surface area contributed by atoms with Gasteiger partial charge in [-0.2, -0.15) is 4.90 Å². The molecule has 0 amide bonds. The van der Waals surface area contributed by atoms with Crippen LogP contribution >= 0.6 is 0 Å². The standard InChI is InChI=1S/C6H6S.C2H4O2.Cu/c7-6-4-2-1-3-5-6;1-2(3)4;/h1-5,7H;1H3,(H,3,4);/q;;+1/p-1. The van der Waals surface area contributed by atoms with Gasteiger partial charge in [-0.3, -0.25) is 4.79 Å². The van der Waals surface area contributed by atoms with Gasteiger partial charge in [0.1, 0.15) is 0 Å². The largest absolute Gasteiger partial charge is 1.00 e. The van der Waals surface area contributed by atoms with Crippen LogP contribution in [-0.4, -0.2) is 11.1 Å². The fourth-order valence-corrected chi connectivity index (χ4v) is 0.578. The molecule has 0 saturated heterocycles. The second-order valence-corrected chi connectivity index (χ2v) is 2.30. The molecule has 0 atom stereocenters. The van der Waals surface area contributed by atoms with E-state index in [1.165, 1.54) is 0 Å². The fraction of sp³-hybridized carbons (Fsp3) is 0.125. The van der Waals surface area contributed by atoms with Crippen molar-refractivity contribution in [2.24, 2.45) is 0 Å². The molecule has 0 saturated carbocycles. The molecule has 0 bridgehead atoms. The van der Waals surface area contributed by atoms with Crippen molar-refractivity contribution in [1.29, 1.82) is 0 Å². The zero-order valence-corrected chi connectivity index (χ0v) is 8.21. The molecule has 0 spiro atoms. The summed E-state index contributed by atoms with van der Waals surface area (Å²) in [5, 5.41) is 7.42. The number of carboxylic acid groups (broad SMARTS) is 1. The molecule has 1 rings (SSSR count). The smallest absolute Gasteiger partial charge is 0.780 e. The quantitative estimate of drug-likeness (QED) is 0.546. The first-order valence-electron chi connectivity index (χ1n) is 3.04. The van der Waals surface area contributed by atoms with Gasteiger partial charge in [-0.05, 0) is 0 Å². The Morgan fingerprint density at radius 2 is 1.67 bits per heavy atom. The molecule has 0 aromatic heterocycles. The average Bonchev–Trinajstić information content (AvgIpc) is 1.87. The summed E-state index contributed by atoms with van der Waals surface area (Å²) in [4.78, 5) is 9.91. The van der Waals surface area contributed by atoms with Gasteiger partial charge in [-0.25, -0.2) is 0 Å². The van der Waals surface area contributed by atoms with E-state index in [-0.39, 0.29) is 17.1 Å². The Kier molecular flexibility index (Phi) is 9.93. The van der Waals surface area contributed by atoms with Gasteiger partial charge in [-0.15, -0.1) is 0 Å². The van der Waals surface area contributed by atoms with Gasteiger partial charge in [0.2, 0.25) is 0 Å². The minimum Gasteiger partial charge on any atom is -0.780 e. The molecule has 70 valence electrons. The van der Waals surface area contributed by atoms with E-state index in [0.29, 0.717) is 0 Å². The predicted molar refractivity (Wildman–Crippen MR) is 45.4 cm³/mol. The van der Waals surface area contributed by atoms with E-state index >= 15 is 0 Å². The fourth-order valence-electron chi connectivity index (χ4n) is 0.420. The van der Waals surface area contributed by atoms with Gasteiger partial charge in [0, 0.05) is 6.92 Å². The molecule has 0 aliphatic heterocycles. The van der Waals surface area contributed by atoms with Gasteiger partial charge >= 0.3 is 17.1 Å². The van der Waals surface area contributed by atoms with Crippen molar-refractivity contribution < 1.29 is 27.0 Å². The Hall–Kier alpha value is -0.571. The maximum absolute atomic E-state index is 9.00. The van der Waals surface area contributed by atoms with E-state index in [9.17, 15) is 0 Å². The van der Waals surface area contributed by atoms with Gasteiger partial charge in [0.05, 0.1) is 0 Å². The van der Waals surface area contributed by atoms with Crippen molar-refractivity contribution in [3.63, 3.8) is 0 Å². The Morgan fingerprint density at radius 3 is 1.83 bits per heavy atom. The van der Waals surface area contributed by atoms with Crippen LogP contribution in [0.25, 0.3) is 0 Å². The zero-order chi connectivity index (χ0) is 8.69. The van der Waals surface area contributed by atoms with E-state index in [0.717, 1.165) is 11.8 Å².